The number of halogens is 3. The number of nitrogens with zero attached hydrogens (tertiary/aromatic N) is 2. The Morgan fingerprint density at radius 2 is 1.81 bits per heavy atom. The van der Waals surface area contributed by atoms with Crippen molar-refractivity contribution in [2.75, 3.05) is 30.3 Å². The number of amides is 2. The molecule has 3 N–H and O–H groups in total. The van der Waals surface area contributed by atoms with E-state index >= 15 is 0 Å². The number of anilines is 2. The van der Waals surface area contributed by atoms with Crippen LogP contribution in [0.25, 0.3) is 11.0 Å². The van der Waals surface area contributed by atoms with Gasteiger partial charge in [-0.3, -0.25) is 9.78 Å². The number of hydrogen-bond acceptors (Lipinski definition) is 6. The molecule has 0 spiro atoms. The number of hydrogen-bond donors (Lipinski definition) is 3. The third-order valence-corrected chi connectivity index (χ3v) is 5.69. The summed E-state index contributed by atoms with van der Waals surface area (Å²) in [6, 6.07) is 10.5. The van der Waals surface area contributed by atoms with Gasteiger partial charge in [0.2, 0.25) is 0 Å². The van der Waals surface area contributed by atoms with Crippen LogP contribution in [0, 0.1) is 17.5 Å². The predicted molar refractivity (Wildman–Crippen MR) is 130 cm³/mol. The highest BCUT2D eigenvalue weighted by atomic mass is 19.2. The third kappa shape index (κ3) is 5.42. The number of aromatic nitrogens is 2. The third-order valence-electron chi connectivity index (χ3n) is 5.69. The molecule has 5 rings (SSSR count). The first-order valence-electron chi connectivity index (χ1n) is 11.3. The first-order valence-corrected chi connectivity index (χ1v) is 11.3. The van der Waals surface area contributed by atoms with E-state index in [0.29, 0.717) is 29.9 Å². The second-order valence-corrected chi connectivity index (χ2v) is 8.30. The van der Waals surface area contributed by atoms with E-state index in [1.165, 1.54) is 30.3 Å². The van der Waals surface area contributed by atoms with Gasteiger partial charge in [0.15, 0.2) is 17.4 Å². The van der Waals surface area contributed by atoms with Crippen LogP contribution >= 0.6 is 0 Å². The maximum atomic E-state index is 14.6. The highest BCUT2D eigenvalue weighted by Gasteiger charge is 2.21. The van der Waals surface area contributed by atoms with Gasteiger partial charge in [0.05, 0.1) is 35.1 Å². The summed E-state index contributed by atoms with van der Waals surface area (Å²) in [5.74, 6) is -4.05. The quantitative estimate of drug-likeness (QED) is 0.342. The number of ether oxygens (including phenoxy) is 1. The van der Waals surface area contributed by atoms with Gasteiger partial charge in [-0.05, 0) is 42.5 Å². The Bertz CT molecular complexity index is 1510. The first-order chi connectivity index (χ1) is 17.9. The molecular formula is C26H20F3N5O3. The van der Waals surface area contributed by atoms with Gasteiger partial charge < -0.3 is 20.7 Å². The van der Waals surface area contributed by atoms with Crippen molar-refractivity contribution >= 4 is 34.2 Å². The van der Waals surface area contributed by atoms with Gasteiger partial charge in [-0.1, -0.05) is 6.07 Å². The Morgan fingerprint density at radius 1 is 0.973 bits per heavy atom. The fourth-order valence-corrected chi connectivity index (χ4v) is 3.92. The van der Waals surface area contributed by atoms with Gasteiger partial charge in [0.1, 0.15) is 11.9 Å². The molecule has 11 heteroatoms. The maximum absolute atomic E-state index is 14.6. The van der Waals surface area contributed by atoms with Crippen molar-refractivity contribution in [3.05, 3.63) is 95.1 Å². The number of carbonyl (C=O) groups is 2. The molecule has 0 radical (unpaired) electrons. The summed E-state index contributed by atoms with van der Waals surface area (Å²) >= 11 is 0. The summed E-state index contributed by atoms with van der Waals surface area (Å²) < 4.78 is 48.0. The molecule has 1 aliphatic rings. The summed E-state index contributed by atoms with van der Waals surface area (Å²) in [7, 11) is 0. The second-order valence-electron chi connectivity index (χ2n) is 8.30. The fraction of sp³-hybridized carbons (Fsp3) is 0.154. The van der Waals surface area contributed by atoms with E-state index in [1.807, 2.05) is 0 Å². The van der Waals surface area contributed by atoms with Crippen LogP contribution in [0.2, 0.25) is 0 Å². The van der Waals surface area contributed by atoms with Crippen molar-refractivity contribution in [3.63, 3.8) is 0 Å². The zero-order valence-corrected chi connectivity index (χ0v) is 19.2. The highest BCUT2D eigenvalue weighted by Crippen LogP contribution is 2.24. The van der Waals surface area contributed by atoms with Crippen LogP contribution in [-0.2, 0) is 4.74 Å². The average molecular weight is 507 g/mol. The molecule has 0 bridgehead atoms. The molecule has 0 saturated carbocycles. The first kappa shape index (κ1) is 24.3. The maximum Gasteiger partial charge on any atom is 0.323 e. The Hall–Kier alpha value is -4.35. The van der Waals surface area contributed by atoms with Gasteiger partial charge in [0, 0.05) is 36.1 Å². The lowest BCUT2D eigenvalue weighted by Crippen LogP contribution is -2.33. The smallest absolute Gasteiger partial charge is 0.323 e. The predicted octanol–water partition coefficient (Wildman–Crippen LogP) is 4.58. The van der Waals surface area contributed by atoms with Crippen molar-refractivity contribution in [1.29, 1.82) is 0 Å². The number of morpholine rings is 1. The topological polar surface area (TPSA) is 105 Å². The van der Waals surface area contributed by atoms with Gasteiger partial charge >= 0.3 is 6.03 Å². The van der Waals surface area contributed by atoms with Crippen molar-refractivity contribution in [2.24, 2.45) is 0 Å². The molecular weight excluding hydrogens is 487 g/mol. The molecule has 1 saturated heterocycles. The number of urea groups is 1. The minimum Gasteiger partial charge on any atom is -0.369 e. The van der Waals surface area contributed by atoms with Crippen LogP contribution in [0.5, 0.6) is 0 Å². The number of nitrogens with one attached hydrogen (secondary N) is 3. The minimum atomic E-state index is -1.36. The normalized spacial score (nSPS) is 15.4. The van der Waals surface area contributed by atoms with Crippen molar-refractivity contribution in [1.82, 2.24) is 15.3 Å². The molecule has 1 atom stereocenters. The Morgan fingerprint density at radius 3 is 2.59 bits per heavy atom. The zero-order chi connectivity index (χ0) is 25.9. The van der Waals surface area contributed by atoms with E-state index in [2.05, 4.69) is 25.9 Å². The highest BCUT2D eigenvalue weighted by molar-refractivity contribution is 6.11. The molecule has 37 heavy (non-hydrogen) atoms. The van der Waals surface area contributed by atoms with E-state index in [4.69, 9.17) is 4.74 Å². The van der Waals surface area contributed by atoms with E-state index in [1.54, 1.807) is 12.3 Å². The summed E-state index contributed by atoms with van der Waals surface area (Å²) in [4.78, 5) is 34.2. The Balaban J connectivity index is 1.37. The lowest BCUT2D eigenvalue weighted by Gasteiger charge is -2.22. The molecule has 188 valence electrons. The Kier molecular flexibility index (Phi) is 6.80. The lowest BCUT2D eigenvalue weighted by molar-refractivity contribution is 0.0250. The molecule has 4 aromatic rings. The number of fused-ring (bicyclic) bond motifs is 1. The van der Waals surface area contributed by atoms with Crippen molar-refractivity contribution in [2.45, 2.75) is 6.10 Å². The van der Waals surface area contributed by atoms with Crippen molar-refractivity contribution in [3.8, 4) is 0 Å². The molecule has 0 aliphatic carbocycles. The second kappa shape index (κ2) is 10.3. The monoisotopic (exact) mass is 507 g/mol. The van der Waals surface area contributed by atoms with Gasteiger partial charge in [0.25, 0.3) is 0 Å². The SMILES string of the molecule is O=C(Nc1cccc(F)c1)Nc1cc(F)c(F)c(C(=O)c2ccc3nc(C4CNCCO4)cnc3c2)c1. The Labute approximate surface area is 208 Å². The van der Waals surface area contributed by atoms with E-state index < -0.39 is 34.8 Å². The summed E-state index contributed by atoms with van der Waals surface area (Å²) in [6.45, 7) is 1.92. The fourth-order valence-electron chi connectivity index (χ4n) is 3.92. The number of ketones is 1. The summed E-state index contributed by atoms with van der Waals surface area (Å²) in [6.07, 6.45) is 1.31. The molecule has 8 nitrogen and oxygen atoms in total. The molecule has 2 amide bonds. The molecule has 1 aliphatic heterocycles. The van der Waals surface area contributed by atoms with Gasteiger partial charge in [-0.2, -0.15) is 0 Å². The van der Waals surface area contributed by atoms with Crippen molar-refractivity contribution < 1.29 is 27.5 Å². The van der Waals surface area contributed by atoms with Gasteiger partial charge in [-0.25, -0.2) is 22.9 Å². The molecule has 1 fully saturated rings. The standard InChI is InChI=1S/C26H20F3N5O3/c27-15-2-1-3-16(9-15)32-26(36)33-17-10-18(24(29)19(28)11-17)25(35)14-4-5-20-21(8-14)31-12-22(34-20)23-13-30-6-7-37-23/h1-5,8-12,23,30H,6-7,13H2,(H2,32,33,36). The average Bonchev–Trinajstić information content (AvgIpc) is 2.90. The van der Waals surface area contributed by atoms with Crippen LogP contribution in [0.3, 0.4) is 0 Å². The zero-order valence-electron chi connectivity index (χ0n) is 19.2. The summed E-state index contributed by atoms with van der Waals surface area (Å²) in [5.41, 5.74) is 1.02. The van der Waals surface area contributed by atoms with E-state index in [0.717, 1.165) is 24.7 Å². The molecule has 1 aromatic heterocycles. The van der Waals surface area contributed by atoms with Crippen LogP contribution in [0.4, 0.5) is 29.3 Å². The number of carbonyl (C=O) groups excluding carboxylic acids is 2. The summed E-state index contributed by atoms with van der Waals surface area (Å²) in [5, 5.41) is 7.91. The van der Waals surface area contributed by atoms with Crippen LogP contribution in [0.15, 0.2) is 60.8 Å². The van der Waals surface area contributed by atoms with Crippen LogP contribution in [0.1, 0.15) is 27.7 Å². The number of benzene rings is 3. The van der Waals surface area contributed by atoms with E-state index in [-0.39, 0.29) is 23.0 Å². The number of rotatable bonds is 5. The minimum absolute atomic E-state index is 0.0600. The molecule has 3 aromatic carbocycles. The van der Waals surface area contributed by atoms with E-state index in [9.17, 15) is 22.8 Å². The molecule has 2 heterocycles. The van der Waals surface area contributed by atoms with Crippen LogP contribution < -0.4 is 16.0 Å². The lowest BCUT2D eigenvalue weighted by atomic mass is 10.0. The van der Waals surface area contributed by atoms with Gasteiger partial charge in [-0.15, -0.1) is 0 Å². The largest absolute Gasteiger partial charge is 0.369 e. The van der Waals surface area contributed by atoms with Crippen LogP contribution in [-0.4, -0.2) is 41.5 Å². The molecule has 1 unspecified atom stereocenters.